The number of H-pyrrole nitrogens is 1. The number of benzene rings is 2. The van der Waals surface area contributed by atoms with Crippen LogP contribution in [-0.4, -0.2) is 28.2 Å². The van der Waals surface area contributed by atoms with Crippen LogP contribution in [0.15, 0.2) is 53.6 Å². The Kier molecular flexibility index (Phi) is 4.55. The molecule has 1 N–H and O–H groups in total. The van der Waals surface area contributed by atoms with Crippen molar-refractivity contribution in [3.8, 4) is 17.1 Å². The summed E-state index contributed by atoms with van der Waals surface area (Å²) in [6, 6.07) is 15.1. The summed E-state index contributed by atoms with van der Waals surface area (Å²) in [5, 5.41) is 11.9. The van der Waals surface area contributed by atoms with Crippen LogP contribution < -0.4 is 4.74 Å². The second-order valence-electron chi connectivity index (χ2n) is 4.67. The molecule has 5 nitrogen and oxygen atoms in total. The number of ether oxygens (including phenoxy) is 1. The van der Waals surface area contributed by atoms with Gasteiger partial charge in [0.1, 0.15) is 5.75 Å². The standard InChI is InChI=1S/C16H13ClN4OS/c1-22-14-8-7-11(9-13(14)17)10-18-21-15(19-20-16(21)23)12-5-3-2-4-6-12/h2-10H,1H3,(H,20,23)/b18-10+. The number of methoxy groups -OCH3 is 1. The van der Waals surface area contributed by atoms with Crippen LogP contribution in [0.4, 0.5) is 0 Å². The van der Waals surface area contributed by atoms with Crippen LogP contribution in [0, 0.1) is 4.77 Å². The molecule has 1 heterocycles. The van der Waals surface area contributed by atoms with E-state index < -0.39 is 0 Å². The van der Waals surface area contributed by atoms with Crippen molar-refractivity contribution in [1.29, 1.82) is 0 Å². The fraction of sp³-hybridized carbons (Fsp3) is 0.0625. The lowest BCUT2D eigenvalue weighted by Crippen LogP contribution is -1.95. The Morgan fingerprint density at radius 1 is 1.26 bits per heavy atom. The van der Waals surface area contributed by atoms with Crippen molar-refractivity contribution < 1.29 is 4.74 Å². The number of nitrogens with zero attached hydrogens (tertiary/aromatic N) is 3. The number of nitrogens with one attached hydrogen (secondary N) is 1. The van der Waals surface area contributed by atoms with Gasteiger partial charge in [-0.1, -0.05) is 41.9 Å². The van der Waals surface area contributed by atoms with Crippen molar-refractivity contribution in [3.05, 3.63) is 63.9 Å². The lowest BCUT2D eigenvalue weighted by atomic mass is 10.2. The molecule has 0 bridgehead atoms. The number of hydrogen-bond donors (Lipinski definition) is 1. The molecule has 0 aliphatic carbocycles. The molecular weight excluding hydrogens is 332 g/mol. The molecule has 23 heavy (non-hydrogen) atoms. The Labute approximate surface area is 143 Å². The maximum atomic E-state index is 6.12. The van der Waals surface area contributed by atoms with E-state index in [0.717, 1.165) is 11.1 Å². The molecular formula is C16H13ClN4OS. The Morgan fingerprint density at radius 2 is 2.04 bits per heavy atom. The number of halogens is 1. The van der Waals surface area contributed by atoms with Gasteiger partial charge in [0.15, 0.2) is 5.82 Å². The lowest BCUT2D eigenvalue weighted by Gasteiger charge is -2.03. The number of hydrogen-bond acceptors (Lipinski definition) is 4. The van der Waals surface area contributed by atoms with Gasteiger partial charge in [0.2, 0.25) is 4.77 Å². The summed E-state index contributed by atoms with van der Waals surface area (Å²) in [5.74, 6) is 1.26. The lowest BCUT2D eigenvalue weighted by molar-refractivity contribution is 0.415. The average Bonchev–Trinajstić information content (AvgIpc) is 2.94. The van der Waals surface area contributed by atoms with Crippen molar-refractivity contribution in [2.24, 2.45) is 5.10 Å². The van der Waals surface area contributed by atoms with Gasteiger partial charge < -0.3 is 4.74 Å². The minimum Gasteiger partial charge on any atom is -0.495 e. The van der Waals surface area contributed by atoms with Crippen LogP contribution in [-0.2, 0) is 0 Å². The Balaban J connectivity index is 1.96. The van der Waals surface area contributed by atoms with E-state index in [1.807, 2.05) is 36.4 Å². The van der Waals surface area contributed by atoms with Crippen molar-refractivity contribution in [3.63, 3.8) is 0 Å². The van der Waals surface area contributed by atoms with Gasteiger partial charge in [-0.2, -0.15) is 14.9 Å². The highest BCUT2D eigenvalue weighted by Gasteiger charge is 2.07. The van der Waals surface area contributed by atoms with Crippen LogP contribution in [0.5, 0.6) is 5.75 Å². The molecule has 0 saturated carbocycles. The van der Waals surface area contributed by atoms with Crippen molar-refractivity contribution in [2.45, 2.75) is 0 Å². The monoisotopic (exact) mass is 344 g/mol. The molecule has 0 fully saturated rings. The average molecular weight is 345 g/mol. The Morgan fingerprint density at radius 3 is 2.74 bits per heavy atom. The van der Waals surface area contributed by atoms with Gasteiger partial charge in [-0.3, -0.25) is 0 Å². The second-order valence-corrected chi connectivity index (χ2v) is 5.46. The van der Waals surface area contributed by atoms with Gasteiger partial charge in [0.25, 0.3) is 0 Å². The SMILES string of the molecule is COc1ccc(/C=N/n2c(-c3ccccc3)n[nH]c2=S)cc1Cl. The van der Waals surface area contributed by atoms with Crippen molar-refractivity contribution >= 4 is 30.0 Å². The quantitative estimate of drug-likeness (QED) is 0.571. The molecule has 0 atom stereocenters. The zero-order valence-corrected chi connectivity index (χ0v) is 13.8. The molecule has 116 valence electrons. The second kappa shape index (κ2) is 6.76. The highest BCUT2D eigenvalue weighted by atomic mass is 35.5. The third kappa shape index (κ3) is 3.33. The highest BCUT2D eigenvalue weighted by molar-refractivity contribution is 7.71. The van der Waals surface area contributed by atoms with Gasteiger partial charge in [-0.15, -0.1) is 0 Å². The van der Waals surface area contributed by atoms with Crippen LogP contribution in [0.2, 0.25) is 5.02 Å². The van der Waals surface area contributed by atoms with E-state index in [9.17, 15) is 0 Å². The van der Waals surface area contributed by atoms with Gasteiger partial charge in [0, 0.05) is 5.56 Å². The first-order chi connectivity index (χ1) is 11.2. The van der Waals surface area contributed by atoms with Crippen LogP contribution in [0.25, 0.3) is 11.4 Å². The number of aromatic nitrogens is 3. The first-order valence-corrected chi connectivity index (χ1v) is 7.58. The summed E-state index contributed by atoms with van der Waals surface area (Å²) in [6.07, 6.45) is 1.67. The first-order valence-electron chi connectivity index (χ1n) is 6.80. The van der Waals surface area contributed by atoms with E-state index in [1.165, 1.54) is 0 Å². The van der Waals surface area contributed by atoms with Gasteiger partial charge in [-0.25, -0.2) is 5.10 Å². The predicted octanol–water partition coefficient (Wildman–Crippen LogP) is 4.15. The summed E-state index contributed by atoms with van der Waals surface area (Å²) < 4.78 is 7.12. The summed E-state index contributed by atoms with van der Waals surface area (Å²) in [5.41, 5.74) is 1.75. The van der Waals surface area contributed by atoms with Crippen molar-refractivity contribution in [2.75, 3.05) is 7.11 Å². The van der Waals surface area contributed by atoms with E-state index in [2.05, 4.69) is 15.3 Å². The zero-order chi connectivity index (χ0) is 16.2. The summed E-state index contributed by atoms with van der Waals surface area (Å²) in [6.45, 7) is 0. The molecule has 3 rings (SSSR count). The molecule has 0 spiro atoms. The molecule has 2 aromatic carbocycles. The molecule has 3 aromatic rings. The summed E-state index contributed by atoms with van der Waals surface area (Å²) in [7, 11) is 1.58. The molecule has 0 radical (unpaired) electrons. The molecule has 0 aliphatic rings. The van der Waals surface area contributed by atoms with Crippen LogP contribution >= 0.6 is 23.8 Å². The molecule has 0 amide bonds. The summed E-state index contributed by atoms with van der Waals surface area (Å²) in [4.78, 5) is 0. The van der Waals surface area contributed by atoms with Gasteiger partial charge >= 0.3 is 0 Å². The first kappa shape index (κ1) is 15.5. The Bertz CT molecular complexity index is 902. The maximum absolute atomic E-state index is 6.12. The number of aromatic amines is 1. The zero-order valence-electron chi connectivity index (χ0n) is 12.2. The molecule has 7 heteroatoms. The molecule has 0 saturated heterocycles. The largest absolute Gasteiger partial charge is 0.495 e. The van der Waals surface area contributed by atoms with E-state index >= 15 is 0 Å². The molecule has 0 aliphatic heterocycles. The topological polar surface area (TPSA) is 55.2 Å². The van der Waals surface area contributed by atoms with Crippen LogP contribution in [0.3, 0.4) is 0 Å². The highest BCUT2D eigenvalue weighted by Crippen LogP contribution is 2.24. The van der Waals surface area contributed by atoms with E-state index in [-0.39, 0.29) is 0 Å². The minimum atomic E-state index is 0.416. The van der Waals surface area contributed by atoms with E-state index in [1.54, 1.807) is 30.1 Å². The van der Waals surface area contributed by atoms with E-state index in [4.69, 9.17) is 28.6 Å². The Hall–Kier alpha value is -2.44. The maximum Gasteiger partial charge on any atom is 0.216 e. The normalized spacial score (nSPS) is 11.0. The molecule has 1 aromatic heterocycles. The predicted molar refractivity (Wildman–Crippen MR) is 93.8 cm³/mol. The fourth-order valence-corrected chi connectivity index (χ4v) is 2.51. The number of rotatable bonds is 4. The third-order valence-electron chi connectivity index (χ3n) is 3.18. The van der Waals surface area contributed by atoms with E-state index in [0.29, 0.717) is 21.4 Å². The van der Waals surface area contributed by atoms with Gasteiger partial charge in [0.05, 0.1) is 18.3 Å². The van der Waals surface area contributed by atoms with Crippen molar-refractivity contribution in [1.82, 2.24) is 14.9 Å². The minimum absolute atomic E-state index is 0.416. The fourth-order valence-electron chi connectivity index (χ4n) is 2.06. The molecule has 0 unspecified atom stereocenters. The summed E-state index contributed by atoms with van der Waals surface area (Å²) >= 11 is 11.4. The third-order valence-corrected chi connectivity index (χ3v) is 3.74. The van der Waals surface area contributed by atoms with Gasteiger partial charge in [-0.05, 0) is 36.0 Å². The van der Waals surface area contributed by atoms with Crippen LogP contribution in [0.1, 0.15) is 5.56 Å². The smallest absolute Gasteiger partial charge is 0.216 e.